The molecule has 0 unspecified atom stereocenters. The molecule has 10 nitrogen and oxygen atoms in total. The highest BCUT2D eigenvalue weighted by Gasteiger charge is 2.35. The maximum Gasteiger partial charge on any atom is 0.360 e. The fourth-order valence-electron chi connectivity index (χ4n) is 2.95. The largest absolute Gasteiger partial charge is 0.461 e. The second kappa shape index (κ2) is 7.86. The molecule has 0 amide bonds. The van der Waals surface area contributed by atoms with E-state index in [-0.39, 0.29) is 30.4 Å². The zero-order chi connectivity index (χ0) is 20.5. The van der Waals surface area contributed by atoms with Crippen molar-refractivity contribution < 1.29 is 22.9 Å². The van der Waals surface area contributed by atoms with Crippen LogP contribution in [0.25, 0.3) is 0 Å². The molecule has 1 aliphatic rings. The van der Waals surface area contributed by atoms with Crippen LogP contribution in [-0.4, -0.2) is 46.5 Å². The summed E-state index contributed by atoms with van der Waals surface area (Å²) in [6.07, 6.45) is 0.396. The molecule has 0 saturated heterocycles. The SMILES string of the molecule is CCOC(=O)c1nn2c(c1Cl)CN(S(=O)(=O)c1ccccc1[N+](=O)[O-])CCC2. The monoisotopic (exact) mass is 428 g/mol. The van der Waals surface area contributed by atoms with E-state index in [0.29, 0.717) is 18.7 Å². The average molecular weight is 429 g/mol. The number of esters is 1. The number of halogens is 1. The van der Waals surface area contributed by atoms with Crippen molar-refractivity contribution in [3.8, 4) is 0 Å². The molecule has 2 heterocycles. The van der Waals surface area contributed by atoms with E-state index in [1.165, 1.54) is 22.9 Å². The Morgan fingerprint density at radius 1 is 1.36 bits per heavy atom. The molecule has 3 rings (SSSR count). The fourth-order valence-corrected chi connectivity index (χ4v) is 4.82. The maximum absolute atomic E-state index is 13.1. The summed E-state index contributed by atoms with van der Waals surface area (Å²) in [6, 6.07) is 5.16. The molecule has 0 spiro atoms. The standard InChI is InChI=1S/C16H17ClN4O6S/c1-2-27-16(22)15-14(17)12-10-19(8-5-9-20(12)18-15)28(25,26)13-7-4-3-6-11(13)21(23)24/h3-4,6-7H,2,5,8-10H2,1H3. The van der Waals surface area contributed by atoms with E-state index in [9.17, 15) is 23.3 Å². The van der Waals surface area contributed by atoms with Crippen LogP contribution in [0.1, 0.15) is 29.5 Å². The Morgan fingerprint density at radius 3 is 2.75 bits per heavy atom. The number of nitro groups is 1. The van der Waals surface area contributed by atoms with Gasteiger partial charge >= 0.3 is 5.97 Å². The van der Waals surface area contributed by atoms with Crippen LogP contribution in [0.5, 0.6) is 0 Å². The summed E-state index contributed by atoms with van der Waals surface area (Å²) in [5.74, 6) is -0.693. The van der Waals surface area contributed by atoms with Crippen LogP contribution < -0.4 is 0 Å². The number of carbonyl (C=O) groups excluding carboxylic acids is 1. The molecule has 0 saturated carbocycles. The molecule has 0 aliphatic carbocycles. The summed E-state index contributed by atoms with van der Waals surface area (Å²) in [4.78, 5) is 22.1. The van der Waals surface area contributed by atoms with Crippen LogP contribution in [0.2, 0.25) is 5.02 Å². The average Bonchev–Trinajstić information content (AvgIpc) is 2.83. The van der Waals surface area contributed by atoms with Gasteiger partial charge in [0.2, 0.25) is 10.0 Å². The van der Waals surface area contributed by atoms with Crippen molar-refractivity contribution in [2.24, 2.45) is 0 Å². The van der Waals surface area contributed by atoms with Crippen molar-refractivity contribution in [2.45, 2.75) is 31.3 Å². The first-order valence-corrected chi connectivity index (χ1v) is 10.2. The van der Waals surface area contributed by atoms with Gasteiger partial charge < -0.3 is 4.74 Å². The van der Waals surface area contributed by atoms with Crippen LogP contribution in [0.3, 0.4) is 0 Å². The molecule has 1 aliphatic heterocycles. The number of ether oxygens (including phenoxy) is 1. The fraction of sp³-hybridized carbons (Fsp3) is 0.375. The Bertz CT molecular complexity index is 1040. The van der Waals surface area contributed by atoms with E-state index >= 15 is 0 Å². The molecule has 2 aromatic rings. The molecule has 1 aromatic carbocycles. The normalized spacial score (nSPS) is 14.9. The number of aryl methyl sites for hydroxylation is 1. The highest BCUT2D eigenvalue weighted by molar-refractivity contribution is 7.89. The number of hydrogen-bond donors (Lipinski definition) is 0. The summed E-state index contributed by atoms with van der Waals surface area (Å²) in [5, 5.41) is 15.4. The molecule has 28 heavy (non-hydrogen) atoms. The number of nitro benzene ring substituents is 1. The van der Waals surface area contributed by atoms with E-state index < -0.39 is 31.5 Å². The minimum absolute atomic E-state index is 0.0168. The Balaban J connectivity index is 2.00. The minimum Gasteiger partial charge on any atom is -0.461 e. The van der Waals surface area contributed by atoms with Gasteiger partial charge in [-0.15, -0.1) is 0 Å². The summed E-state index contributed by atoms with van der Waals surface area (Å²) < 4.78 is 33.7. The summed E-state index contributed by atoms with van der Waals surface area (Å²) in [6.45, 7) is 2.10. The number of carbonyl (C=O) groups is 1. The zero-order valence-corrected chi connectivity index (χ0v) is 16.4. The number of hydrogen-bond acceptors (Lipinski definition) is 7. The second-order valence-electron chi connectivity index (χ2n) is 5.97. The summed E-state index contributed by atoms with van der Waals surface area (Å²) in [5.41, 5.74) is -0.244. The number of benzene rings is 1. The molecule has 0 N–H and O–H groups in total. The van der Waals surface area contributed by atoms with Crippen molar-refractivity contribution in [1.82, 2.24) is 14.1 Å². The first-order chi connectivity index (χ1) is 13.3. The number of sulfonamides is 1. The van der Waals surface area contributed by atoms with Crippen LogP contribution in [0.15, 0.2) is 29.2 Å². The van der Waals surface area contributed by atoms with Gasteiger partial charge in [0.1, 0.15) is 0 Å². The van der Waals surface area contributed by atoms with Gasteiger partial charge in [-0.1, -0.05) is 23.7 Å². The third kappa shape index (κ3) is 3.60. The molecule has 0 fully saturated rings. The van der Waals surface area contributed by atoms with Gasteiger partial charge in [0, 0.05) is 19.2 Å². The van der Waals surface area contributed by atoms with Crippen molar-refractivity contribution >= 4 is 33.3 Å². The summed E-state index contributed by atoms with van der Waals surface area (Å²) in [7, 11) is -4.17. The van der Waals surface area contributed by atoms with Crippen molar-refractivity contribution in [1.29, 1.82) is 0 Å². The number of nitrogens with zero attached hydrogens (tertiary/aromatic N) is 4. The smallest absolute Gasteiger partial charge is 0.360 e. The van der Waals surface area contributed by atoms with E-state index in [0.717, 1.165) is 10.4 Å². The van der Waals surface area contributed by atoms with Crippen molar-refractivity contribution in [3.05, 3.63) is 50.8 Å². The lowest BCUT2D eigenvalue weighted by atomic mass is 10.3. The maximum atomic E-state index is 13.1. The highest BCUT2D eigenvalue weighted by atomic mass is 35.5. The third-order valence-electron chi connectivity index (χ3n) is 4.25. The number of rotatable bonds is 5. The van der Waals surface area contributed by atoms with E-state index in [4.69, 9.17) is 16.3 Å². The molecular formula is C16H17ClN4O6S. The lowest BCUT2D eigenvalue weighted by Crippen LogP contribution is -2.31. The predicted octanol–water partition coefficient (Wildman–Crippen LogP) is 2.22. The molecular weight excluding hydrogens is 412 g/mol. The van der Waals surface area contributed by atoms with Gasteiger partial charge in [0.05, 0.1) is 28.8 Å². The Morgan fingerprint density at radius 2 is 2.07 bits per heavy atom. The van der Waals surface area contributed by atoms with Gasteiger partial charge in [-0.3, -0.25) is 14.8 Å². The van der Waals surface area contributed by atoms with Gasteiger partial charge in [0.15, 0.2) is 10.6 Å². The summed E-state index contributed by atoms with van der Waals surface area (Å²) >= 11 is 6.27. The first-order valence-electron chi connectivity index (χ1n) is 8.43. The van der Waals surface area contributed by atoms with E-state index in [2.05, 4.69) is 5.10 Å². The van der Waals surface area contributed by atoms with Crippen LogP contribution in [0.4, 0.5) is 5.69 Å². The van der Waals surface area contributed by atoms with E-state index in [1.807, 2.05) is 0 Å². The Hall–Kier alpha value is -2.50. The number of para-hydroxylation sites is 1. The highest BCUT2D eigenvalue weighted by Crippen LogP contribution is 2.31. The zero-order valence-electron chi connectivity index (χ0n) is 14.9. The van der Waals surface area contributed by atoms with Gasteiger partial charge in [0.25, 0.3) is 5.69 Å². The number of fused-ring (bicyclic) bond motifs is 1. The first kappa shape index (κ1) is 20.2. The predicted molar refractivity (Wildman–Crippen MR) is 98.5 cm³/mol. The Kier molecular flexibility index (Phi) is 5.68. The molecule has 0 bridgehead atoms. The van der Waals surface area contributed by atoms with Crippen molar-refractivity contribution in [3.63, 3.8) is 0 Å². The van der Waals surface area contributed by atoms with Gasteiger partial charge in [-0.2, -0.15) is 9.40 Å². The third-order valence-corrected chi connectivity index (χ3v) is 6.54. The van der Waals surface area contributed by atoms with Crippen LogP contribution in [-0.2, 0) is 27.8 Å². The molecule has 0 atom stereocenters. The molecule has 1 aromatic heterocycles. The second-order valence-corrected chi connectivity index (χ2v) is 8.25. The quantitative estimate of drug-likeness (QED) is 0.406. The lowest BCUT2D eigenvalue weighted by molar-refractivity contribution is -0.387. The van der Waals surface area contributed by atoms with Crippen molar-refractivity contribution in [2.75, 3.05) is 13.2 Å². The molecule has 12 heteroatoms. The minimum atomic E-state index is -4.17. The van der Waals surface area contributed by atoms with Gasteiger partial charge in [-0.25, -0.2) is 13.2 Å². The molecule has 0 radical (unpaired) electrons. The topological polar surface area (TPSA) is 125 Å². The number of aromatic nitrogens is 2. The van der Waals surface area contributed by atoms with E-state index in [1.54, 1.807) is 6.92 Å². The van der Waals surface area contributed by atoms with Gasteiger partial charge in [-0.05, 0) is 19.4 Å². The lowest BCUT2D eigenvalue weighted by Gasteiger charge is -2.19. The van der Waals surface area contributed by atoms with Crippen LogP contribution in [0, 0.1) is 10.1 Å². The Labute approximate surface area is 165 Å². The van der Waals surface area contributed by atoms with Crippen LogP contribution >= 0.6 is 11.6 Å². The molecule has 150 valence electrons.